The molecule has 1 aliphatic carbocycles. The fraction of sp³-hybridized carbons (Fsp3) is 0.565. The summed E-state index contributed by atoms with van der Waals surface area (Å²) in [6.07, 6.45) is 7.69. The highest BCUT2D eigenvalue weighted by Gasteiger charge is 2.55. The molecule has 8 heteroatoms. The molecule has 1 aliphatic heterocycles. The fourth-order valence-corrected chi connectivity index (χ4v) is 7.56. The number of nitrogens with zero attached hydrogens (tertiary/aromatic N) is 2. The molecule has 0 unspecified atom stereocenters. The van der Waals surface area contributed by atoms with Gasteiger partial charge in [-0.3, -0.25) is 10.3 Å². The minimum atomic E-state index is -2.89. The van der Waals surface area contributed by atoms with E-state index >= 15 is 0 Å². The first kappa shape index (κ1) is 23.3. The third kappa shape index (κ3) is 4.20. The SMILES string of the molecule is C#Cc1ccc(F)c([C@]2(C)C[S@@](=O)(=NC)C3(CCCC3)C(NC(=O)OC(C)(C)C)=N2)c1. The number of carbonyl (C=O) groups is 1. The molecular formula is C23H30FN3O3S. The van der Waals surface area contributed by atoms with Crippen LogP contribution in [0.1, 0.15) is 64.5 Å². The van der Waals surface area contributed by atoms with Crippen molar-refractivity contribution in [1.82, 2.24) is 5.32 Å². The number of terminal acetylenes is 1. The lowest BCUT2D eigenvalue weighted by molar-refractivity contribution is 0.0560. The molecule has 1 fully saturated rings. The smallest absolute Gasteiger partial charge is 0.413 e. The summed E-state index contributed by atoms with van der Waals surface area (Å²) >= 11 is 0. The molecule has 3 rings (SSSR count). The van der Waals surface area contributed by atoms with Gasteiger partial charge in [0.05, 0.1) is 15.5 Å². The number of hydrogen-bond donors (Lipinski definition) is 1. The van der Waals surface area contributed by atoms with Crippen molar-refractivity contribution in [2.75, 3.05) is 12.8 Å². The summed E-state index contributed by atoms with van der Waals surface area (Å²) in [4.78, 5) is 17.5. The van der Waals surface area contributed by atoms with Gasteiger partial charge < -0.3 is 4.74 Å². The van der Waals surface area contributed by atoms with E-state index in [4.69, 9.17) is 16.2 Å². The van der Waals surface area contributed by atoms with Crippen LogP contribution in [0.15, 0.2) is 27.6 Å². The average molecular weight is 448 g/mol. The zero-order valence-corrected chi connectivity index (χ0v) is 19.6. The first-order valence-corrected chi connectivity index (χ1v) is 12.1. The maximum absolute atomic E-state index is 14.9. The molecule has 2 aliphatic rings. The van der Waals surface area contributed by atoms with Crippen molar-refractivity contribution in [3.63, 3.8) is 0 Å². The minimum absolute atomic E-state index is 0.0426. The van der Waals surface area contributed by atoms with Crippen molar-refractivity contribution in [3.05, 3.63) is 35.1 Å². The number of halogens is 1. The monoisotopic (exact) mass is 447 g/mol. The normalized spacial score (nSPS) is 27.3. The molecule has 0 radical (unpaired) electrons. The van der Waals surface area contributed by atoms with Crippen LogP contribution < -0.4 is 5.32 Å². The molecule has 2 atom stereocenters. The number of alkyl carbamates (subject to hydrolysis) is 1. The highest BCUT2D eigenvalue weighted by atomic mass is 32.2. The van der Waals surface area contributed by atoms with Gasteiger partial charge in [0.1, 0.15) is 27.5 Å². The van der Waals surface area contributed by atoms with Crippen molar-refractivity contribution in [2.45, 2.75) is 69.3 Å². The lowest BCUT2D eigenvalue weighted by Gasteiger charge is -2.43. The summed E-state index contributed by atoms with van der Waals surface area (Å²) in [6.45, 7) is 6.98. The van der Waals surface area contributed by atoms with Gasteiger partial charge in [-0.25, -0.2) is 17.8 Å². The van der Waals surface area contributed by atoms with Crippen LogP contribution in [0.2, 0.25) is 0 Å². The number of aliphatic imine (C=N–C) groups is 1. The summed E-state index contributed by atoms with van der Waals surface area (Å²) in [7, 11) is -1.37. The fourth-order valence-electron chi connectivity index (χ4n) is 4.50. The highest BCUT2D eigenvalue weighted by Crippen LogP contribution is 2.47. The molecular weight excluding hydrogens is 417 g/mol. The second-order valence-corrected chi connectivity index (χ2v) is 12.1. The molecule has 6 nitrogen and oxygen atoms in total. The topological polar surface area (TPSA) is 80.1 Å². The van der Waals surface area contributed by atoms with E-state index in [1.165, 1.54) is 19.2 Å². The average Bonchev–Trinajstić information content (AvgIpc) is 3.16. The summed E-state index contributed by atoms with van der Waals surface area (Å²) in [5.41, 5.74) is -1.20. The summed E-state index contributed by atoms with van der Waals surface area (Å²) in [5, 5.41) is 2.76. The molecule has 0 aromatic heterocycles. The van der Waals surface area contributed by atoms with Gasteiger partial charge in [-0.15, -0.1) is 6.42 Å². The molecule has 31 heavy (non-hydrogen) atoms. The minimum Gasteiger partial charge on any atom is -0.444 e. The summed E-state index contributed by atoms with van der Waals surface area (Å²) < 4.78 is 38.0. The second-order valence-electron chi connectivity index (χ2n) is 9.37. The Hall–Kier alpha value is -2.40. The molecule has 1 aromatic rings. The number of amides is 1. The third-order valence-corrected chi connectivity index (χ3v) is 9.28. The van der Waals surface area contributed by atoms with Crippen LogP contribution in [0.25, 0.3) is 0 Å². The van der Waals surface area contributed by atoms with Gasteiger partial charge in [0.15, 0.2) is 0 Å². The van der Waals surface area contributed by atoms with E-state index in [-0.39, 0.29) is 17.2 Å². The van der Waals surface area contributed by atoms with Crippen LogP contribution >= 0.6 is 0 Å². The Morgan fingerprint density at radius 1 is 1.35 bits per heavy atom. The number of ether oxygens (including phenoxy) is 1. The second kappa shape index (κ2) is 7.94. The van der Waals surface area contributed by atoms with Crippen LogP contribution in [0.3, 0.4) is 0 Å². The Kier molecular flexibility index (Phi) is 5.96. The van der Waals surface area contributed by atoms with E-state index in [1.807, 2.05) is 0 Å². The number of rotatable bonds is 1. The molecule has 0 saturated heterocycles. The van der Waals surface area contributed by atoms with E-state index in [0.717, 1.165) is 12.8 Å². The number of benzene rings is 1. The number of amidine groups is 1. The Morgan fingerprint density at radius 2 is 2.00 bits per heavy atom. The van der Waals surface area contributed by atoms with Gasteiger partial charge in [0, 0.05) is 18.2 Å². The number of nitrogens with one attached hydrogen (secondary N) is 1. The highest BCUT2D eigenvalue weighted by molar-refractivity contribution is 7.95. The first-order valence-electron chi connectivity index (χ1n) is 10.4. The zero-order chi connectivity index (χ0) is 23.1. The molecule has 1 amide bonds. The molecule has 1 saturated carbocycles. The number of carbonyl (C=O) groups excluding carboxylic acids is 1. The molecule has 1 heterocycles. The van der Waals surface area contributed by atoms with Crippen molar-refractivity contribution in [2.24, 2.45) is 9.36 Å². The van der Waals surface area contributed by atoms with E-state index in [9.17, 15) is 13.4 Å². The molecule has 1 N–H and O–H groups in total. The maximum Gasteiger partial charge on any atom is 0.413 e. The van der Waals surface area contributed by atoms with Crippen molar-refractivity contribution >= 4 is 21.7 Å². The van der Waals surface area contributed by atoms with Gasteiger partial charge in [0.2, 0.25) is 0 Å². The van der Waals surface area contributed by atoms with Crippen LogP contribution in [0, 0.1) is 18.2 Å². The zero-order valence-electron chi connectivity index (χ0n) is 18.8. The van der Waals surface area contributed by atoms with Crippen molar-refractivity contribution in [1.29, 1.82) is 0 Å². The van der Waals surface area contributed by atoms with Crippen molar-refractivity contribution in [3.8, 4) is 12.3 Å². The predicted octanol–water partition coefficient (Wildman–Crippen LogP) is 4.37. The Labute approximate surface area is 184 Å². The van der Waals surface area contributed by atoms with Crippen molar-refractivity contribution < 1.29 is 18.1 Å². The van der Waals surface area contributed by atoms with Crippen LogP contribution in [-0.2, 0) is 20.0 Å². The first-order chi connectivity index (χ1) is 14.4. The quantitative estimate of drug-likeness (QED) is 0.649. The standard InChI is InChI=1S/C23H30FN3O3S/c1-7-16-10-11-18(24)17(14-16)22(5)15-31(29,25-6)23(12-8-9-13-23)19(27-22)26-20(28)30-21(2,3)4/h1,10-11,14H,8-9,12-13,15H2,2-6H3,(H,26,27,28)/t22-,31-/m0/s1. The maximum atomic E-state index is 14.9. The predicted molar refractivity (Wildman–Crippen MR) is 121 cm³/mol. The Bertz CT molecular complexity index is 1080. The molecule has 0 bridgehead atoms. The Morgan fingerprint density at radius 3 is 2.55 bits per heavy atom. The van der Waals surface area contributed by atoms with Gasteiger partial charge in [-0.2, -0.15) is 0 Å². The van der Waals surface area contributed by atoms with Gasteiger partial charge in [0.25, 0.3) is 0 Å². The number of hydrogen-bond acceptors (Lipinski definition) is 5. The molecule has 1 aromatic carbocycles. The largest absolute Gasteiger partial charge is 0.444 e. The van der Waals surface area contributed by atoms with Crippen LogP contribution in [0.4, 0.5) is 9.18 Å². The van der Waals surface area contributed by atoms with E-state index in [0.29, 0.717) is 18.4 Å². The Balaban J connectivity index is 2.20. The third-order valence-electron chi connectivity index (χ3n) is 5.92. The van der Waals surface area contributed by atoms with Gasteiger partial charge >= 0.3 is 6.09 Å². The van der Waals surface area contributed by atoms with E-state index in [2.05, 4.69) is 15.6 Å². The summed E-state index contributed by atoms with van der Waals surface area (Å²) in [5.74, 6) is 2.31. The summed E-state index contributed by atoms with van der Waals surface area (Å²) in [6, 6.07) is 4.34. The lowest BCUT2D eigenvalue weighted by atomic mass is 9.91. The lowest BCUT2D eigenvalue weighted by Crippen LogP contribution is -2.59. The van der Waals surface area contributed by atoms with E-state index in [1.54, 1.807) is 33.8 Å². The van der Waals surface area contributed by atoms with Crippen LogP contribution in [-0.4, -0.2) is 39.3 Å². The molecule has 1 spiro atoms. The van der Waals surface area contributed by atoms with Gasteiger partial charge in [-0.05, 0) is 58.7 Å². The van der Waals surface area contributed by atoms with Gasteiger partial charge in [-0.1, -0.05) is 18.8 Å². The molecule has 168 valence electrons. The van der Waals surface area contributed by atoms with E-state index < -0.39 is 37.5 Å². The van der Waals surface area contributed by atoms with Crippen LogP contribution in [0.5, 0.6) is 0 Å².